The van der Waals surface area contributed by atoms with Crippen LogP contribution in [0.1, 0.15) is 19.4 Å². The van der Waals surface area contributed by atoms with Gasteiger partial charge < -0.3 is 29.3 Å². The lowest BCUT2D eigenvalue weighted by molar-refractivity contribution is 0.0914. The molecule has 0 radical (unpaired) electrons. The van der Waals surface area contributed by atoms with Gasteiger partial charge in [-0.25, -0.2) is 9.79 Å². The molecule has 1 heterocycles. The fourth-order valence-electron chi connectivity index (χ4n) is 2.84. The minimum absolute atomic E-state index is 0.239. The maximum Gasteiger partial charge on any atom is 0.409 e. The van der Waals surface area contributed by atoms with E-state index in [2.05, 4.69) is 17.1 Å². The molecule has 156 valence electrons. The van der Waals surface area contributed by atoms with Crippen LogP contribution in [0.4, 0.5) is 4.79 Å². The van der Waals surface area contributed by atoms with Crippen LogP contribution in [-0.2, 0) is 16.0 Å². The first-order valence-electron chi connectivity index (χ1n) is 9.83. The highest BCUT2D eigenvalue weighted by Gasteiger charge is 2.23. The molecule has 1 aliphatic heterocycles. The summed E-state index contributed by atoms with van der Waals surface area (Å²) in [5.74, 6) is 1.69. The maximum absolute atomic E-state index is 11.8. The minimum atomic E-state index is -0.239. The summed E-state index contributed by atoms with van der Waals surface area (Å²) in [5.41, 5.74) is 1.11. The van der Waals surface area contributed by atoms with Crippen LogP contribution >= 0.6 is 0 Å². The van der Waals surface area contributed by atoms with E-state index in [1.54, 1.807) is 12.0 Å². The topological polar surface area (TPSA) is 75.6 Å². The maximum atomic E-state index is 11.8. The van der Waals surface area contributed by atoms with Crippen molar-refractivity contribution in [1.82, 2.24) is 15.1 Å². The van der Waals surface area contributed by atoms with Crippen molar-refractivity contribution in [2.45, 2.75) is 20.4 Å². The molecule has 1 amide bonds. The third-order valence-corrected chi connectivity index (χ3v) is 4.33. The quantitative estimate of drug-likeness (QED) is 0.414. The van der Waals surface area contributed by atoms with Gasteiger partial charge in [0.05, 0.1) is 19.8 Å². The van der Waals surface area contributed by atoms with Gasteiger partial charge in [-0.3, -0.25) is 0 Å². The van der Waals surface area contributed by atoms with Gasteiger partial charge in [-0.1, -0.05) is 12.1 Å². The van der Waals surface area contributed by atoms with Gasteiger partial charge in [0.15, 0.2) is 5.96 Å². The number of carbonyl (C=O) groups excluding carboxylic acids is 1. The first-order chi connectivity index (χ1) is 13.7. The highest BCUT2D eigenvalue weighted by atomic mass is 16.6. The number of piperazine rings is 1. The molecule has 0 spiro atoms. The Kier molecular flexibility index (Phi) is 9.41. The Balaban J connectivity index is 1.89. The van der Waals surface area contributed by atoms with E-state index in [0.29, 0.717) is 39.5 Å². The molecule has 0 saturated carbocycles. The van der Waals surface area contributed by atoms with Gasteiger partial charge in [-0.05, 0) is 31.5 Å². The summed E-state index contributed by atoms with van der Waals surface area (Å²) in [6.45, 7) is 9.50. The van der Waals surface area contributed by atoms with E-state index in [1.165, 1.54) is 0 Å². The van der Waals surface area contributed by atoms with Gasteiger partial charge >= 0.3 is 6.09 Å². The predicted molar refractivity (Wildman–Crippen MR) is 109 cm³/mol. The van der Waals surface area contributed by atoms with Crippen molar-refractivity contribution in [2.75, 3.05) is 59.7 Å². The molecule has 28 heavy (non-hydrogen) atoms. The molecule has 8 heteroatoms. The number of guanidine groups is 1. The molecule has 1 aromatic rings. The Bertz CT molecular complexity index is 613. The van der Waals surface area contributed by atoms with Gasteiger partial charge in [0, 0.05) is 39.8 Å². The highest BCUT2D eigenvalue weighted by Crippen LogP contribution is 2.13. The van der Waals surface area contributed by atoms with Crippen LogP contribution in [0.2, 0.25) is 0 Å². The highest BCUT2D eigenvalue weighted by molar-refractivity contribution is 5.80. The Morgan fingerprint density at radius 3 is 2.36 bits per heavy atom. The normalized spacial score (nSPS) is 14.8. The van der Waals surface area contributed by atoms with Crippen molar-refractivity contribution in [3.05, 3.63) is 29.8 Å². The molecule has 1 aliphatic rings. The molecule has 0 unspecified atom stereocenters. The number of hydrogen-bond donors (Lipinski definition) is 1. The number of hydrogen-bond acceptors (Lipinski definition) is 5. The van der Waals surface area contributed by atoms with Gasteiger partial charge in [-0.2, -0.15) is 0 Å². The number of rotatable bonds is 8. The lowest BCUT2D eigenvalue weighted by Gasteiger charge is -2.35. The summed E-state index contributed by atoms with van der Waals surface area (Å²) < 4.78 is 15.6. The van der Waals surface area contributed by atoms with E-state index < -0.39 is 0 Å². The summed E-state index contributed by atoms with van der Waals surface area (Å²) in [6, 6.07) is 7.94. The second-order valence-electron chi connectivity index (χ2n) is 6.33. The zero-order valence-electron chi connectivity index (χ0n) is 17.1. The molecular formula is C20H32N4O4. The van der Waals surface area contributed by atoms with Crippen LogP contribution in [0.5, 0.6) is 5.75 Å². The summed E-state index contributed by atoms with van der Waals surface area (Å²) in [4.78, 5) is 20.5. The molecule has 1 N–H and O–H groups in total. The molecule has 1 fully saturated rings. The molecule has 2 rings (SSSR count). The van der Waals surface area contributed by atoms with E-state index in [9.17, 15) is 4.79 Å². The fraction of sp³-hybridized carbons (Fsp3) is 0.600. The Hall–Kier alpha value is -2.48. The number of amides is 1. The smallest absolute Gasteiger partial charge is 0.409 e. The lowest BCUT2D eigenvalue weighted by atomic mass is 10.2. The van der Waals surface area contributed by atoms with Crippen LogP contribution < -0.4 is 10.1 Å². The number of carbonyl (C=O) groups is 1. The zero-order valence-corrected chi connectivity index (χ0v) is 17.1. The lowest BCUT2D eigenvalue weighted by Crippen LogP contribution is -2.53. The molecule has 0 atom stereocenters. The average Bonchev–Trinajstić information content (AvgIpc) is 2.72. The Labute approximate surface area is 167 Å². The second-order valence-corrected chi connectivity index (χ2v) is 6.33. The largest absolute Gasteiger partial charge is 0.491 e. The van der Waals surface area contributed by atoms with Crippen molar-refractivity contribution < 1.29 is 19.0 Å². The summed E-state index contributed by atoms with van der Waals surface area (Å²) in [7, 11) is 1.66. The van der Waals surface area contributed by atoms with Crippen molar-refractivity contribution in [3.8, 4) is 5.75 Å². The van der Waals surface area contributed by atoms with E-state index in [-0.39, 0.29) is 6.09 Å². The average molecular weight is 393 g/mol. The SMILES string of the molecule is CCNC(=NCc1ccc(OCCOC)cc1)N1CCN(C(=O)OCC)CC1. The van der Waals surface area contributed by atoms with E-state index in [0.717, 1.165) is 36.9 Å². The van der Waals surface area contributed by atoms with E-state index in [4.69, 9.17) is 19.2 Å². The number of nitrogens with one attached hydrogen (secondary N) is 1. The van der Waals surface area contributed by atoms with Crippen molar-refractivity contribution in [1.29, 1.82) is 0 Å². The van der Waals surface area contributed by atoms with E-state index >= 15 is 0 Å². The second kappa shape index (κ2) is 12.1. The Morgan fingerprint density at radius 1 is 1.07 bits per heavy atom. The molecular weight excluding hydrogens is 360 g/mol. The van der Waals surface area contributed by atoms with Gasteiger partial charge in [-0.15, -0.1) is 0 Å². The summed E-state index contributed by atoms with van der Waals surface area (Å²) in [6.07, 6.45) is -0.239. The first-order valence-corrected chi connectivity index (χ1v) is 9.83. The molecule has 1 saturated heterocycles. The molecule has 8 nitrogen and oxygen atoms in total. The first kappa shape index (κ1) is 21.8. The predicted octanol–water partition coefficient (Wildman–Crippen LogP) is 1.95. The summed E-state index contributed by atoms with van der Waals surface area (Å²) >= 11 is 0. The van der Waals surface area contributed by atoms with Crippen LogP contribution in [0.25, 0.3) is 0 Å². The number of nitrogens with zero attached hydrogens (tertiary/aromatic N) is 3. The van der Waals surface area contributed by atoms with Crippen LogP contribution in [0.3, 0.4) is 0 Å². The minimum Gasteiger partial charge on any atom is -0.491 e. The van der Waals surface area contributed by atoms with Crippen LogP contribution in [0, 0.1) is 0 Å². The Morgan fingerprint density at radius 2 is 1.75 bits per heavy atom. The van der Waals surface area contributed by atoms with Gasteiger partial charge in [0.25, 0.3) is 0 Å². The number of ether oxygens (including phenoxy) is 3. The van der Waals surface area contributed by atoms with Crippen LogP contribution in [0.15, 0.2) is 29.3 Å². The molecule has 0 aromatic heterocycles. The molecule has 1 aromatic carbocycles. The van der Waals surface area contributed by atoms with Gasteiger partial charge in [0.1, 0.15) is 12.4 Å². The molecule has 0 aliphatic carbocycles. The number of aliphatic imine (C=N–C) groups is 1. The monoisotopic (exact) mass is 392 g/mol. The number of methoxy groups -OCH3 is 1. The summed E-state index contributed by atoms with van der Waals surface area (Å²) in [5, 5.41) is 3.34. The van der Waals surface area contributed by atoms with E-state index in [1.807, 2.05) is 31.2 Å². The molecule has 0 bridgehead atoms. The number of benzene rings is 1. The van der Waals surface area contributed by atoms with Crippen molar-refractivity contribution in [2.24, 2.45) is 4.99 Å². The fourth-order valence-corrected chi connectivity index (χ4v) is 2.84. The van der Waals surface area contributed by atoms with Crippen molar-refractivity contribution in [3.63, 3.8) is 0 Å². The van der Waals surface area contributed by atoms with Gasteiger partial charge in [0.2, 0.25) is 0 Å². The van der Waals surface area contributed by atoms with Crippen molar-refractivity contribution >= 4 is 12.1 Å². The third-order valence-electron chi connectivity index (χ3n) is 4.33. The third kappa shape index (κ3) is 6.92. The van der Waals surface area contributed by atoms with Crippen LogP contribution in [-0.4, -0.2) is 81.5 Å². The standard InChI is InChI=1S/C20H32N4O4/c1-4-21-19(23-10-12-24(13-11-23)20(25)27-5-2)22-16-17-6-8-18(9-7-17)28-15-14-26-3/h6-9H,4-5,10-16H2,1-3H3,(H,21,22). The zero-order chi connectivity index (χ0) is 20.2.